The maximum absolute atomic E-state index is 11.7. The smallest absolute Gasteiger partial charge is 0.317 e. The van der Waals surface area contributed by atoms with Crippen molar-refractivity contribution >= 4 is 11.7 Å². The highest BCUT2D eigenvalue weighted by Crippen LogP contribution is 2.35. The third kappa shape index (κ3) is 2.40. The third-order valence-corrected chi connectivity index (χ3v) is 4.25. The van der Waals surface area contributed by atoms with E-state index in [1.165, 1.54) is 0 Å². The molecule has 2 atom stereocenters. The van der Waals surface area contributed by atoms with Gasteiger partial charge in [0, 0.05) is 37.4 Å². The summed E-state index contributed by atoms with van der Waals surface area (Å²) in [4.78, 5) is 15.8. The SMILES string of the molecule is COc1cccc(N2CCN3C(=O)NCC3C2)c1[C@@H](C)O. The van der Waals surface area contributed by atoms with Gasteiger partial charge in [-0.3, -0.25) is 0 Å². The van der Waals surface area contributed by atoms with Crippen LogP contribution in [0.1, 0.15) is 18.6 Å². The van der Waals surface area contributed by atoms with Crippen molar-refractivity contribution in [3.8, 4) is 5.75 Å². The number of methoxy groups -OCH3 is 1. The average Bonchev–Trinajstić information content (AvgIpc) is 2.87. The van der Waals surface area contributed by atoms with Gasteiger partial charge in [-0.1, -0.05) is 6.07 Å². The van der Waals surface area contributed by atoms with E-state index in [0.29, 0.717) is 18.8 Å². The lowest BCUT2D eigenvalue weighted by atomic mass is 10.0. The van der Waals surface area contributed by atoms with Gasteiger partial charge in [-0.15, -0.1) is 0 Å². The van der Waals surface area contributed by atoms with E-state index < -0.39 is 6.10 Å². The van der Waals surface area contributed by atoms with Crippen LogP contribution in [0.2, 0.25) is 0 Å². The van der Waals surface area contributed by atoms with Gasteiger partial charge >= 0.3 is 6.03 Å². The summed E-state index contributed by atoms with van der Waals surface area (Å²) in [6.45, 7) is 4.66. The lowest BCUT2D eigenvalue weighted by Gasteiger charge is -2.39. The van der Waals surface area contributed by atoms with Crippen molar-refractivity contribution in [2.45, 2.75) is 19.1 Å². The van der Waals surface area contributed by atoms with Gasteiger partial charge in [0.15, 0.2) is 0 Å². The predicted molar refractivity (Wildman–Crippen MR) is 79.7 cm³/mol. The van der Waals surface area contributed by atoms with E-state index in [1.54, 1.807) is 14.0 Å². The minimum atomic E-state index is -0.600. The maximum atomic E-state index is 11.7. The normalized spacial score (nSPS) is 22.8. The number of anilines is 1. The molecule has 0 bridgehead atoms. The highest BCUT2D eigenvalue weighted by molar-refractivity contribution is 5.77. The number of benzene rings is 1. The molecule has 1 aromatic rings. The Morgan fingerprint density at radius 3 is 2.95 bits per heavy atom. The topological polar surface area (TPSA) is 65.0 Å². The number of aliphatic hydroxyl groups excluding tert-OH is 1. The van der Waals surface area contributed by atoms with Crippen LogP contribution >= 0.6 is 0 Å². The molecule has 3 rings (SSSR count). The predicted octanol–water partition coefficient (Wildman–Crippen LogP) is 0.962. The number of ether oxygens (including phenoxy) is 1. The van der Waals surface area contributed by atoms with Gasteiger partial charge in [-0.05, 0) is 19.1 Å². The first-order chi connectivity index (χ1) is 10.1. The molecule has 2 fully saturated rings. The second kappa shape index (κ2) is 5.44. The number of rotatable bonds is 3. The number of aliphatic hydroxyl groups is 1. The number of carbonyl (C=O) groups excluding carboxylic acids is 1. The van der Waals surface area contributed by atoms with Gasteiger partial charge < -0.3 is 25.0 Å². The van der Waals surface area contributed by atoms with Crippen molar-refractivity contribution in [2.24, 2.45) is 0 Å². The first kappa shape index (κ1) is 14.0. The van der Waals surface area contributed by atoms with Crippen LogP contribution in [0.4, 0.5) is 10.5 Å². The van der Waals surface area contributed by atoms with Crippen molar-refractivity contribution in [2.75, 3.05) is 38.2 Å². The second-order valence-electron chi connectivity index (χ2n) is 5.55. The maximum Gasteiger partial charge on any atom is 0.317 e. The number of urea groups is 1. The van der Waals surface area contributed by atoms with E-state index in [-0.39, 0.29) is 12.1 Å². The number of nitrogens with zero attached hydrogens (tertiary/aromatic N) is 2. The zero-order valence-corrected chi connectivity index (χ0v) is 12.4. The lowest BCUT2D eigenvalue weighted by molar-refractivity contribution is 0.191. The Bertz CT molecular complexity index is 547. The molecule has 0 radical (unpaired) electrons. The lowest BCUT2D eigenvalue weighted by Crippen LogP contribution is -2.52. The third-order valence-electron chi connectivity index (χ3n) is 4.25. The molecule has 0 aliphatic carbocycles. The van der Waals surface area contributed by atoms with Crippen molar-refractivity contribution in [3.63, 3.8) is 0 Å². The molecule has 0 spiro atoms. The molecule has 2 heterocycles. The highest BCUT2D eigenvalue weighted by atomic mass is 16.5. The molecular formula is C15H21N3O3. The van der Waals surface area contributed by atoms with Crippen LogP contribution in [-0.4, -0.2) is 55.4 Å². The van der Waals surface area contributed by atoms with Gasteiger partial charge in [0.1, 0.15) is 5.75 Å². The van der Waals surface area contributed by atoms with Crippen molar-refractivity contribution in [1.29, 1.82) is 0 Å². The molecule has 2 aliphatic rings. The fourth-order valence-electron chi connectivity index (χ4n) is 3.23. The summed E-state index contributed by atoms with van der Waals surface area (Å²) >= 11 is 0. The molecule has 2 saturated heterocycles. The summed E-state index contributed by atoms with van der Waals surface area (Å²) in [5, 5.41) is 13.0. The molecule has 1 unspecified atom stereocenters. The summed E-state index contributed by atoms with van der Waals surface area (Å²) < 4.78 is 5.38. The summed E-state index contributed by atoms with van der Waals surface area (Å²) in [5.41, 5.74) is 1.80. The van der Waals surface area contributed by atoms with Crippen molar-refractivity contribution in [3.05, 3.63) is 23.8 Å². The first-order valence-electron chi connectivity index (χ1n) is 7.26. The Morgan fingerprint density at radius 2 is 2.24 bits per heavy atom. The highest BCUT2D eigenvalue weighted by Gasteiger charge is 2.36. The Balaban J connectivity index is 1.89. The van der Waals surface area contributed by atoms with Crippen LogP contribution in [0, 0.1) is 0 Å². The van der Waals surface area contributed by atoms with Crippen LogP contribution < -0.4 is 15.0 Å². The molecule has 6 nitrogen and oxygen atoms in total. The summed E-state index contributed by atoms with van der Waals surface area (Å²) in [5.74, 6) is 0.700. The zero-order chi connectivity index (χ0) is 15.0. The number of carbonyl (C=O) groups is 1. The zero-order valence-electron chi connectivity index (χ0n) is 12.4. The van der Waals surface area contributed by atoms with Crippen LogP contribution in [0.25, 0.3) is 0 Å². The van der Waals surface area contributed by atoms with E-state index >= 15 is 0 Å². The Kier molecular flexibility index (Phi) is 3.63. The second-order valence-corrected chi connectivity index (χ2v) is 5.55. The van der Waals surface area contributed by atoms with Gasteiger partial charge in [0.2, 0.25) is 0 Å². The van der Waals surface area contributed by atoms with Crippen LogP contribution in [-0.2, 0) is 0 Å². The fraction of sp³-hybridized carbons (Fsp3) is 0.533. The Morgan fingerprint density at radius 1 is 1.43 bits per heavy atom. The number of hydrogen-bond acceptors (Lipinski definition) is 4. The number of piperazine rings is 1. The van der Waals surface area contributed by atoms with E-state index in [9.17, 15) is 9.90 Å². The Labute approximate surface area is 124 Å². The van der Waals surface area contributed by atoms with Crippen molar-refractivity contribution < 1.29 is 14.6 Å². The fourth-order valence-corrected chi connectivity index (χ4v) is 3.23. The van der Waals surface area contributed by atoms with Gasteiger partial charge in [-0.25, -0.2) is 4.79 Å². The van der Waals surface area contributed by atoms with E-state index in [1.807, 2.05) is 23.1 Å². The standard InChI is InChI=1S/C15H21N3O3/c1-10(19)14-12(4-3-5-13(14)21-2)17-6-7-18-11(9-17)8-16-15(18)20/h3-5,10-11,19H,6-9H2,1-2H3,(H,16,20)/t10-,11?/m1/s1. The van der Waals surface area contributed by atoms with Gasteiger partial charge in [0.05, 0.1) is 19.3 Å². The first-order valence-corrected chi connectivity index (χ1v) is 7.26. The molecule has 2 amide bonds. The minimum absolute atomic E-state index is 0.0287. The van der Waals surface area contributed by atoms with Crippen LogP contribution in [0.5, 0.6) is 5.75 Å². The van der Waals surface area contributed by atoms with Crippen LogP contribution in [0.15, 0.2) is 18.2 Å². The minimum Gasteiger partial charge on any atom is -0.496 e. The molecule has 114 valence electrons. The number of amides is 2. The molecule has 0 saturated carbocycles. The number of hydrogen-bond donors (Lipinski definition) is 2. The summed E-state index contributed by atoms with van der Waals surface area (Å²) in [7, 11) is 1.61. The summed E-state index contributed by atoms with van der Waals surface area (Å²) in [6, 6.07) is 6.03. The quantitative estimate of drug-likeness (QED) is 0.871. The summed E-state index contributed by atoms with van der Waals surface area (Å²) in [6.07, 6.45) is -0.600. The number of fused-ring (bicyclic) bond motifs is 1. The van der Waals surface area contributed by atoms with E-state index in [0.717, 1.165) is 24.3 Å². The average molecular weight is 291 g/mol. The molecule has 0 aromatic heterocycles. The molecular weight excluding hydrogens is 270 g/mol. The van der Waals surface area contributed by atoms with E-state index in [2.05, 4.69) is 10.2 Å². The Hall–Kier alpha value is -1.95. The molecule has 6 heteroatoms. The molecule has 1 aromatic carbocycles. The largest absolute Gasteiger partial charge is 0.496 e. The van der Waals surface area contributed by atoms with Crippen LogP contribution in [0.3, 0.4) is 0 Å². The number of nitrogens with one attached hydrogen (secondary N) is 1. The van der Waals surface area contributed by atoms with Gasteiger partial charge in [-0.2, -0.15) is 0 Å². The molecule has 2 N–H and O–H groups in total. The van der Waals surface area contributed by atoms with E-state index in [4.69, 9.17) is 4.74 Å². The molecule has 2 aliphatic heterocycles. The monoisotopic (exact) mass is 291 g/mol. The molecule has 21 heavy (non-hydrogen) atoms. The van der Waals surface area contributed by atoms with Gasteiger partial charge in [0.25, 0.3) is 0 Å². The van der Waals surface area contributed by atoms with Crippen molar-refractivity contribution in [1.82, 2.24) is 10.2 Å².